The van der Waals surface area contributed by atoms with Crippen LogP contribution in [-0.2, 0) is 6.42 Å². The Morgan fingerprint density at radius 2 is 2.14 bits per heavy atom. The quantitative estimate of drug-likeness (QED) is 0.741. The molecule has 0 bridgehead atoms. The van der Waals surface area contributed by atoms with E-state index in [0.29, 0.717) is 12.0 Å². The number of rotatable bonds is 3. The molecule has 1 aromatic carbocycles. The van der Waals surface area contributed by atoms with Gasteiger partial charge in [0.05, 0.1) is 17.2 Å². The van der Waals surface area contributed by atoms with Crippen molar-refractivity contribution in [1.82, 2.24) is 0 Å². The maximum Gasteiger partial charge on any atom is 0.0994 e. The zero-order valence-corrected chi connectivity index (χ0v) is 8.20. The molecule has 0 heterocycles. The van der Waals surface area contributed by atoms with E-state index in [0.717, 1.165) is 5.56 Å². The van der Waals surface area contributed by atoms with Crippen LogP contribution in [0.2, 0.25) is 0 Å². The molecule has 0 spiro atoms. The summed E-state index contributed by atoms with van der Waals surface area (Å²) in [6, 6.07) is 9.32. The summed E-state index contributed by atoms with van der Waals surface area (Å²) in [5.41, 5.74) is 5.91. The number of hydrogen-bond donors (Lipinski definition) is 2. The lowest BCUT2D eigenvalue weighted by molar-refractivity contribution is 0.0696. The molecule has 0 aliphatic heterocycles. The first-order valence-electron chi connectivity index (χ1n) is 4.49. The Morgan fingerprint density at radius 1 is 1.50 bits per heavy atom. The topological polar surface area (TPSA) is 70.0 Å². The molecule has 0 saturated carbocycles. The summed E-state index contributed by atoms with van der Waals surface area (Å²) in [5, 5.41) is 18.6. The molecule has 1 atom stereocenters. The predicted molar refractivity (Wildman–Crippen MR) is 54.5 cm³/mol. The first-order valence-corrected chi connectivity index (χ1v) is 4.49. The van der Waals surface area contributed by atoms with E-state index < -0.39 is 5.60 Å². The molecule has 14 heavy (non-hydrogen) atoms. The van der Waals surface area contributed by atoms with Crippen molar-refractivity contribution in [3.8, 4) is 6.07 Å². The zero-order valence-electron chi connectivity index (χ0n) is 8.20. The van der Waals surface area contributed by atoms with Gasteiger partial charge in [-0.1, -0.05) is 18.2 Å². The van der Waals surface area contributed by atoms with E-state index in [1.165, 1.54) is 0 Å². The highest BCUT2D eigenvalue weighted by Gasteiger charge is 2.19. The molecular weight excluding hydrogens is 176 g/mol. The number of nitrogens with zero attached hydrogens (tertiary/aromatic N) is 1. The summed E-state index contributed by atoms with van der Waals surface area (Å²) >= 11 is 0. The Balaban J connectivity index is 2.92. The molecule has 0 amide bonds. The van der Waals surface area contributed by atoms with E-state index in [-0.39, 0.29) is 6.54 Å². The molecule has 0 saturated heterocycles. The molecule has 0 aliphatic carbocycles. The lowest BCUT2D eigenvalue weighted by Crippen LogP contribution is -2.36. The standard InChI is InChI=1S/C11H14N2O/c1-11(14,8-13)6-9-4-2-3-5-10(9)7-12/h2-5,14H,6,8,13H2,1H3. The summed E-state index contributed by atoms with van der Waals surface area (Å²) in [7, 11) is 0. The maximum absolute atomic E-state index is 9.76. The largest absolute Gasteiger partial charge is 0.389 e. The lowest BCUT2D eigenvalue weighted by atomic mass is 9.94. The Hall–Kier alpha value is -1.37. The van der Waals surface area contributed by atoms with Crippen LogP contribution < -0.4 is 5.73 Å². The van der Waals surface area contributed by atoms with Gasteiger partial charge in [-0.15, -0.1) is 0 Å². The van der Waals surface area contributed by atoms with Crippen LogP contribution >= 0.6 is 0 Å². The van der Waals surface area contributed by atoms with Crippen molar-refractivity contribution >= 4 is 0 Å². The van der Waals surface area contributed by atoms with Crippen LogP contribution in [-0.4, -0.2) is 17.3 Å². The van der Waals surface area contributed by atoms with Crippen molar-refractivity contribution < 1.29 is 5.11 Å². The number of benzene rings is 1. The molecule has 3 N–H and O–H groups in total. The molecule has 0 radical (unpaired) electrons. The molecule has 0 aromatic heterocycles. The summed E-state index contributed by atoms with van der Waals surface area (Å²) in [6.07, 6.45) is 0.410. The van der Waals surface area contributed by atoms with Crippen LogP contribution in [0.25, 0.3) is 0 Å². The van der Waals surface area contributed by atoms with Gasteiger partial charge >= 0.3 is 0 Å². The second-order valence-corrected chi connectivity index (χ2v) is 3.65. The third-order valence-corrected chi connectivity index (χ3v) is 2.15. The predicted octanol–water partition coefficient (Wildman–Crippen LogP) is 0.810. The van der Waals surface area contributed by atoms with E-state index in [9.17, 15) is 5.11 Å². The van der Waals surface area contributed by atoms with Crippen LogP contribution in [0.15, 0.2) is 24.3 Å². The molecule has 1 aromatic rings. The van der Waals surface area contributed by atoms with Gasteiger partial charge in [0.25, 0.3) is 0 Å². The average Bonchev–Trinajstić information content (AvgIpc) is 2.18. The smallest absolute Gasteiger partial charge is 0.0994 e. The molecule has 74 valence electrons. The average molecular weight is 190 g/mol. The van der Waals surface area contributed by atoms with Crippen LogP contribution in [0.3, 0.4) is 0 Å². The van der Waals surface area contributed by atoms with Crippen LogP contribution in [0.5, 0.6) is 0 Å². The van der Waals surface area contributed by atoms with Gasteiger partial charge in [-0.3, -0.25) is 0 Å². The molecular formula is C11H14N2O. The van der Waals surface area contributed by atoms with Gasteiger partial charge in [0.1, 0.15) is 0 Å². The molecule has 1 rings (SSSR count). The van der Waals surface area contributed by atoms with Crippen molar-refractivity contribution in [3.63, 3.8) is 0 Å². The first kappa shape index (κ1) is 10.7. The fourth-order valence-electron chi connectivity index (χ4n) is 1.27. The lowest BCUT2D eigenvalue weighted by Gasteiger charge is -2.21. The molecule has 0 fully saturated rings. The van der Waals surface area contributed by atoms with E-state index in [1.54, 1.807) is 19.1 Å². The van der Waals surface area contributed by atoms with Crippen LogP contribution in [0, 0.1) is 11.3 Å². The van der Waals surface area contributed by atoms with Crippen molar-refractivity contribution in [2.75, 3.05) is 6.54 Å². The van der Waals surface area contributed by atoms with Crippen molar-refractivity contribution in [2.45, 2.75) is 18.9 Å². The third kappa shape index (κ3) is 2.56. The van der Waals surface area contributed by atoms with Crippen molar-refractivity contribution in [3.05, 3.63) is 35.4 Å². The summed E-state index contributed by atoms with van der Waals surface area (Å²) in [6.45, 7) is 1.86. The Bertz CT molecular complexity index is 353. The van der Waals surface area contributed by atoms with Gasteiger partial charge in [-0.05, 0) is 18.6 Å². The number of nitrogens with two attached hydrogens (primary N) is 1. The molecule has 0 aliphatic rings. The Morgan fingerprint density at radius 3 is 2.71 bits per heavy atom. The second kappa shape index (κ2) is 4.23. The van der Waals surface area contributed by atoms with E-state index >= 15 is 0 Å². The van der Waals surface area contributed by atoms with Gasteiger partial charge in [0.15, 0.2) is 0 Å². The first-order chi connectivity index (χ1) is 6.59. The monoisotopic (exact) mass is 190 g/mol. The van der Waals surface area contributed by atoms with Crippen LogP contribution in [0.4, 0.5) is 0 Å². The SMILES string of the molecule is CC(O)(CN)Cc1ccccc1C#N. The minimum Gasteiger partial charge on any atom is -0.389 e. The summed E-state index contributed by atoms with van der Waals surface area (Å²) in [4.78, 5) is 0. The highest BCUT2D eigenvalue weighted by atomic mass is 16.3. The van der Waals surface area contributed by atoms with Gasteiger partial charge < -0.3 is 10.8 Å². The van der Waals surface area contributed by atoms with Gasteiger partial charge in [0.2, 0.25) is 0 Å². The Labute approximate surface area is 83.8 Å². The number of aliphatic hydroxyl groups is 1. The summed E-state index contributed by atoms with van der Waals surface area (Å²) in [5.74, 6) is 0. The molecule has 3 heteroatoms. The molecule has 1 unspecified atom stereocenters. The molecule has 3 nitrogen and oxygen atoms in total. The summed E-state index contributed by atoms with van der Waals surface area (Å²) < 4.78 is 0. The van der Waals surface area contributed by atoms with Crippen LogP contribution in [0.1, 0.15) is 18.1 Å². The fourth-order valence-corrected chi connectivity index (χ4v) is 1.27. The van der Waals surface area contributed by atoms with E-state index in [4.69, 9.17) is 11.0 Å². The zero-order chi connectivity index (χ0) is 10.6. The number of nitriles is 1. The Kier molecular flexibility index (Phi) is 3.23. The minimum atomic E-state index is -0.938. The highest BCUT2D eigenvalue weighted by Crippen LogP contribution is 2.15. The van der Waals surface area contributed by atoms with E-state index in [1.807, 2.05) is 12.1 Å². The second-order valence-electron chi connectivity index (χ2n) is 3.65. The maximum atomic E-state index is 9.76. The van der Waals surface area contributed by atoms with Gasteiger partial charge in [0, 0.05) is 13.0 Å². The minimum absolute atomic E-state index is 0.187. The van der Waals surface area contributed by atoms with E-state index in [2.05, 4.69) is 6.07 Å². The third-order valence-electron chi connectivity index (χ3n) is 2.15. The highest BCUT2D eigenvalue weighted by molar-refractivity contribution is 5.38. The van der Waals surface area contributed by atoms with Gasteiger partial charge in [-0.2, -0.15) is 5.26 Å². The van der Waals surface area contributed by atoms with Crippen molar-refractivity contribution in [2.24, 2.45) is 5.73 Å². The normalized spacial score (nSPS) is 14.4. The van der Waals surface area contributed by atoms with Crippen molar-refractivity contribution in [1.29, 1.82) is 5.26 Å². The van der Waals surface area contributed by atoms with Gasteiger partial charge in [-0.25, -0.2) is 0 Å². The fraction of sp³-hybridized carbons (Fsp3) is 0.364. The number of hydrogen-bond acceptors (Lipinski definition) is 3.